The lowest BCUT2D eigenvalue weighted by Crippen LogP contribution is -2.68. The van der Waals surface area contributed by atoms with Crippen molar-refractivity contribution in [3.63, 3.8) is 0 Å². The molecular weight excluding hydrogens is 471 g/mol. The second kappa shape index (κ2) is 9.80. The highest BCUT2D eigenvalue weighted by molar-refractivity contribution is 6.36. The molecule has 1 aliphatic rings. The highest BCUT2D eigenvalue weighted by atomic mass is 35.7. The van der Waals surface area contributed by atoms with E-state index < -0.39 is 10.2 Å². The standard InChI is InChI=1S/C23H17ClN2O2.ClHO4/c1-14-9-11-26(12-10-14)21-20(25-19-8-7-16(24)13-15(19)2)22(27)17-5-3-4-6-18(17)23(21)28;2-1(3,4)5/h3-13H,1-2H3;(H,2,3,4,5). The first-order valence-electron chi connectivity index (χ1n) is 9.51. The number of aromatic nitrogens is 1. The average molecular weight is 489 g/mol. The number of nitrogens with one attached hydrogen (secondary N) is 1. The minimum Gasteiger partial charge on any atom is -0.346 e. The Morgan fingerprint density at radius 3 is 1.94 bits per heavy atom. The molecule has 0 saturated heterocycles. The number of fused-ring (bicyclic) bond motifs is 1. The van der Waals surface area contributed by atoms with E-state index in [-0.39, 0.29) is 17.3 Å². The largest absolute Gasteiger partial charge is 0.346 e. The van der Waals surface area contributed by atoms with Gasteiger partial charge in [-0.2, -0.15) is 4.57 Å². The summed E-state index contributed by atoms with van der Waals surface area (Å²) in [5.74, 6) is -0.411. The zero-order valence-electron chi connectivity index (χ0n) is 17.5. The van der Waals surface area contributed by atoms with Crippen molar-refractivity contribution in [2.45, 2.75) is 13.8 Å². The van der Waals surface area contributed by atoms with Gasteiger partial charge in [-0.15, -0.1) is 10.2 Å². The Balaban J connectivity index is 0.000000555. The van der Waals surface area contributed by atoms with Gasteiger partial charge < -0.3 is 5.32 Å². The molecule has 0 radical (unpaired) electrons. The minimum atomic E-state index is -4.94. The Hall–Kier alpha value is -3.11. The first-order valence-corrected chi connectivity index (χ1v) is 11.1. The van der Waals surface area contributed by atoms with Gasteiger partial charge in [0.15, 0.2) is 18.1 Å². The highest BCUT2D eigenvalue weighted by Crippen LogP contribution is 2.29. The fourth-order valence-electron chi connectivity index (χ4n) is 3.28. The molecule has 1 heterocycles. The van der Waals surface area contributed by atoms with Crippen LogP contribution in [-0.4, -0.2) is 11.6 Å². The number of anilines is 1. The molecule has 0 bridgehead atoms. The zero-order valence-corrected chi connectivity index (χ0v) is 19.0. The lowest BCUT2D eigenvalue weighted by molar-refractivity contribution is -2.00. The van der Waals surface area contributed by atoms with Crippen LogP contribution in [0.2, 0.25) is 5.02 Å². The van der Waals surface area contributed by atoms with Crippen LogP contribution in [0.15, 0.2) is 72.7 Å². The molecular formula is C23H18Cl2N2O6. The summed E-state index contributed by atoms with van der Waals surface area (Å²) >= 11 is 6.05. The van der Waals surface area contributed by atoms with Gasteiger partial charge in [-0.05, 0) is 43.2 Å². The predicted octanol–water partition coefficient (Wildman–Crippen LogP) is -0.152. The molecule has 1 aromatic heterocycles. The summed E-state index contributed by atoms with van der Waals surface area (Å²) in [7, 11) is -4.94. The third-order valence-electron chi connectivity index (χ3n) is 4.80. The van der Waals surface area contributed by atoms with E-state index in [1.165, 1.54) is 0 Å². The molecule has 0 aliphatic heterocycles. The third kappa shape index (κ3) is 6.02. The maximum absolute atomic E-state index is 13.3. The molecule has 33 heavy (non-hydrogen) atoms. The summed E-state index contributed by atoms with van der Waals surface area (Å²) in [6.07, 6.45) is 3.58. The molecule has 3 aromatic rings. The molecule has 170 valence electrons. The first-order chi connectivity index (χ1) is 15.5. The van der Waals surface area contributed by atoms with E-state index in [0.717, 1.165) is 16.8 Å². The SMILES string of the molecule is Cc1cc[n+](C2=C(Nc3ccc(Cl)cc3C)C(=O)c3ccccc3C2=O)cc1.[O-][Cl+3]([O-])([O-])[O-]. The van der Waals surface area contributed by atoms with E-state index >= 15 is 0 Å². The molecule has 8 nitrogen and oxygen atoms in total. The van der Waals surface area contributed by atoms with Gasteiger partial charge in [0.05, 0.1) is 0 Å². The third-order valence-corrected chi connectivity index (χ3v) is 5.03. The van der Waals surface area contributed by atoms with Crippen LogP contribution < -0.4 is 28.5 Å². The fourth-order valence-corrected chi connectivity index (χ4v) is 3.50. The van der Waals surface area contributed by atoms with Gasteiger partial charge in [-0.1, -0.05) is 35.9 Å². The van der Waals surface area contributed by atoms with Crippen molar-refractivity contribution in [3.8, 4) is 0 Å². The maximum Gasteiger partial charge on any atom is 0.286 e. The van der Waals surface area contributed by atoms with Gasteiger partial charge in [-0.3, -0.25) is 9.59 Å². The van der Waals surface area contributed by atoms with Crippen molar-refractivity contribution >= 4 is 34.6 Å². The average Bonchev–Trinajstić information content (AvgIpc) is 2.73. The van der Waals surface area contributed by atoms with Crippen LogP contribution in [0, 0.1) is 24.1 Å². The van der Waals surface area contributed by atoms with E-state index in [0.29, 0.717) is 21.8 Å². The number of carbonyl (C=O) groups is 2. The Morgan fingerprint density at radius 2 is 1.39 bits per heavy atom. The Morgan fingerprint density at radius 1 is 0.848 bits per heavy atom. The van der Waals surface area contributed by atoms with Crippen LogP contribution in [0.4, 0.5) is 5.69 Å². The monoisotopic (exact) mass is 488 g/mol. The van der Waals surface area contributed by atoms with E-state index in [1.54, 1.807) is 53.4 Å². The lowest BCUT2D eigenvalue weighted by atomic mass is 9.90. The van der Waals surface area contributed by atoms with Crippen molar-refractivity contribution < 1.29 is 43.0 Å². The van der Waals surface area contributed by atoms with Gasteiger partial charge in [-0.25, -0.2) is 18.6 Å². The second-order valence-electron chi connectivity index (χ2n) is 7.17. The molecule has 1 aliphatic carbocycles. The van der Waals surface area contributed by atoms with E-state index in [2.05, 4.69) is 5.32 Å². The van der Waals surface area contributed by atoms with Crippen molar-refractivity contribution in [1.82, 2.24) is 0 Å². The normalized spacial score (nSPS) is 13.3. The fraction of sp³-hybridized carbons (Fsp3) is 0.0870. The van der Waals surface area contributed by atoms with Crippen LogP contribution in [0.5, 0.6) is 0 Å². The summed E-state index contributed by atoms with van der Waals surface area (Å²) in [5.41, 5.74) is 4.04. The topological polar surface area (TPSA) is 142 Å². The molecule has 10 heteroatoms. The number of hydrogen-bond donors (Lipinski definition) is 1. The van der Waals surface area contributed by atoms with Gasteiger partial charge in [0, 0.05) is 34.0 Å². The number of pyridine rings is 1. The number of benzene rings is 2. The number of hydrogen-bond acceptors (Lipinski definition) is 7. The zero-order chi connectivity index (χ0) is 24.3. The molecule has 0 fully saturated rings. The van der Waals surface area contributed by atoms with Crippen LogP contribution in [0.25, 0.3) is 5.70 Å². The maximum atomic E-state index is 13.3. The molecule has 0 unspecified atom stereocenters. The number of nitrogens with zero attached hydrogens (tertiary/aromatic N) is 1. The Bertz CT molecular complexity index is 1240. The van der Waals surface area contributed by atoms with Crippen molar-refractivity contribution in [2.75, 3.05) is 5.32 Å². The summed E-state index contributed by atoms with van der Waals surface area (Å²) in [6, 6.07) is 16.1. The van der Waals surface area contributed by atoms with E-state index in [9.17, 15) is 9.59 Å². The predicted molar refractivity (Wildman–Crippen MR) is 110 cm³/mol. The number of halogens is 2. The number of aryl methyl sites for hydroxylation is 2. The molecule has 1 N–H and O–H groups in total. The highest BCUT2D eigenvalue weighted by Gasteiger charge is 2.38. The number of ketones is 2. The van der Waals surface area contributed by atoms with Crippen molar-refractivity contribution in [3.05, 3.63) is 100.0 Å². The van der Waals surface area contributed by atoms with Crippen LogP contribution in [0.1, 0.15) is 31.8 Å². The van der Waals surface area contributed by atoms with Crippen LogP contribution in [0.3, 0.4) is 0 Å². The minimum absolute atomic E-state index is 0.196. The Labute approximate surface area is 196 Å². The second-order valence-corrected chi connectivity index (χ2v) is 8.36. The Kier molecular flexibility index (Phi) is 7.28. The summed E-state index contributed by atoms with van der Waals surface area (Å²) in [6.45, 7) is 3.87. The van der Waals surface area contributed by atoms with Crippen LogP contribution >= 0.6 is 11.6 Å². The number of rotatable bonds is 3. The van der Waals surface area contributed by atoms with Crippen molar-refractivity contribution in [1.29, 1.82) is 0 Å². The molecule has 0 atom stereocenters. The van der Waals surface area contributed by atoms with Gasteiger partial charge in [0.1, 0.15) is 0 Å². The lowest BCUT2D eigenvalue weighted by Gasteiger charge is -2.19. The van der Waals surface area contributed by atoms with Crippen molar-refractivity contribution in [2.24, 2.45) is 0 Å². The number of allylic oxidation sites excluding steroid dienone is 2. The molecule has 0 saturated carbocycles. The molecule has 0 spiro atoms. The number of carbonyl (C=O) groups excluding carboxylic acids is 2. The molecule has 2 aromatic carbocycles. The van der Waals surface area contributed by atoms with E-state index in [1.807, 2.05) is 32.0 Å². The summed E-state index contributed by atoms with van der Waals surface area (Å²) in [4.78, 5) is 26.6. The van der Waals surface area contributed by atoms with Gasteiger partial charge in [0.2, 0.25) is 5.78 Å². The quantitative estimate of drug-likeness (QED) is 0.504. The van der Waals surface area contributed by atoms with Gasteiger partial charge >= 0.3 is 0 Å². The first kappa shape index (κ1) is 24.5. The summed E-state index contributed by atoms with van der Waals surface area (Å²) in [5, 5.41) is 3.80. The smallest absolute Gasteiger partial charge is 0.286 e. The molecule has 0 amide bonds. The molecule has 4 rings (SSSR count). The van der Waals surface area contributed by atoms with E-state index in [4.69, 9.17) is 30.2 Å². The van der Waals surface area contributed by atoms with Crippen LogP contribution in [-0.2, 0) is 0 Å². The summed E-state index contributed by atoms with van der Waals surface area (Å²) < 4.78 is 35.7. The van der Waals surface area contributed by atoms with Gasteiger partial charge in [0.25, 0.3) is 11.5 Å². The number of Topliss-reactive ketones (excluding diaryl/α,β-unsaturated/α-hetero) is 2.